The van der Waals surface area contributed by atoms with E-state index in [0.717, 1.165) is 12.3 Å². The fourth-order valence-corrected chi connectivity index (χ4v) is 4.03. The molecule has 2 heteroatoms. The van der Waals surface area contributed by atoms with E-state index in [1.807, 2.05) is 6.07 Å². The summed E-state index contributed by atoms with van der Waals surface area (Å²) in [6.45, 7) is 1.12. The second kappa shape index (κ2) is 9.62. The molecule has 2 atom stereocenters. The number of nitrogens with one attached hydrogen (secondary N) is 1. The first-order valence-corrected chi connectivity index (χ1v) is 9.78. The summed E-state index contributed by atoms with van der Waals surface area (Å²) in [5, 5.41) is 3.85. The Hall–Kier alpha value is -1.80. The minimum Gasteiger partial charge on any atom is -0.497 e. The van der Waals surface area contributed by atoms with Gasteiger partial charge in [0.25, 0.3) is 0 Å². The molecule has 1 saturated carbocycles. The van der Waals surface area contributed by atoms with Crippen molar-refractivity contribution in [1.29, 1.82) is 0 Å². The molecule has 0 bridgehead atoms. The summed E-state index contributed by atoms with van der Waals surface area (Å²) in [6, 6.07) is 20.1. The molecule has 2 aromatic carbocycles. The van der Waals surface area contributed by atoms with Gasteiger partial charge in [-0.3, -0.25) is 0 Å². The van der Waals surface area contributed by atoms with E-state index in [2.05, 4.69) is 53.8 Å². The van der Waals surface area contributed by atoms with Gasteiger partial charge < -0.3 is 10.1 Å². The zero-order chi connectivity index (χ0) is 17.3. The lowest BCUT2D eigenvalue weighted by molar-refractivity contribution is 0.325. The van der Waals surface area contributed by atoms with Crippen molar-refractivity contribution >= 4 is 0 Å². The van der Waals surface area contributed by atoms with Gasteiger partial charge in [0.05, 0.1) is 7.11 Å². The normalized spacial score (nSPS) is 20.4. The lowest BCUT2D eigenvalue weighted by Gasteiger charge is -2.33. The zero-order valence-electron chi connectivity index (χ0n) is 15.4. The summed E-state index contributed by atoms with van der Waals surface area (Å²) < 4.78 is 5.42. The van der Waals surface area contributed by atoms with E-state index < -0.39 is 0 Å². The van der Waals surface area contributed by atoms with Gasteiger partial charge in [0.1, 0.15) is 5.75 Å². The van der Waals surface area contributed by atoms with Crippen LogP contribution in [0.1, 0.15) is 55.6 Å². The van der Waals surface area contributed by atoms with Crippen LogP contribution in [0.2, 0.25) is 0 Å². The number of hydrogen-bond acceptors (Lipinski definition) is 2. The molecule has 2 nitrogen and oxygen atoms in total. The fourth-order valence-electron chi connectivity index (χ4n) is 4.03. The molecule has 1 N–H and O–H groups in total. The highest BCUT2D eigenvalue weighted by atomic mass is 16.5. The van der Waals surface area contributed by atoms with Gasteiger partial charge in [-0.05, 0) is 67.8 Å². The molecule has 1 aliphatic rings. The Morgan fingerprint density at radius 1 is 0.960 bits per heavy atom. The molecule has 0 saturated heterocycles. The molecular formula is C23H31NO. The van der Waals surface area contributed by atoms with Crippen LogP contribution in [0.25, 0.3) is 0 Å². The van der Waals surface area contributed by atoms with Crippen molar-refractivity contribution in [3.8, 4) is 5.75 Å². The van der Waals surface area contributed by atoms with E-state index in [-0.39, 0.29) is 0 Å². The van der Waals surface area contributed by atoms with Gasteiger partial charge in [-0.2, -0.15) is 0 Å². The SMILES string of the molecule is COc1cccc(C2CCCCC2NCCCCc2ccccc2)c1. The molecule has 0 heterocycles. The van der Waals surface area contributed by atoms with Gasteiger partial charge >= 0.3 is 0 Å². The second-order valence-electron chi connectivity index (χ2n) is 7.17. The maximum atomic E-state index is 5.42. The van der Waals surface area contributed by atoms with E-state index in [1.165, 1.54) is 56.1 Å². The van der Waals surface area contributed by atoms with Gasteiger partial charge in [-0.1, -0.05) is 55.3 Å². The number of unbranched alkanes of at least 4 members (excludes halogenated alkanes) is 1. The number of rotatable bonds is 8. The number of benzene rings is 2. The molecule has 25 heavy (non-hydrogen) atoms. The van der Waals surface area contributed by atoms with Crippen molar-refractivity contribution in [2.24, 2.45) is 0 Å². The largest absolute Gasteiger partial charge is 0.497 e. The third-order valence-electron chi connectivity index (χ3n) is 5.43. The zero-order valence-corrected chi connectivity index (χ0v) is 15.4. The first-order chi connectivity index (χ1) is 12.4. The van der Waals surface area contributed by atoms with Crippen LogP contribution >= 0.6 is 0 Å². The highest BCUT2D eigenvalue weighted by Gasteiger charge is 2.26. The van der Waals surface area contributed by atoms with E-state index >= 15 is 0 Å². The molecule has 134 valence electrons. The highest BCUT2D eigenvalue weighted by Crippen LogP contribution is 2.34. The number of hydrogen-bond donors (Lipinski definition) is 1. The Labute approximate surface area is 152 Å². The van der Waals surface area contributed by atoms with Gasteiger partial charge in [-0.15, -0.1) is 0 Å². The standard InChI is InChI=1S/C23H31NO/c1-25-21-14-9-13-20(18-21)22-15-5-6-16-23(22)24-17-8-7-12-19-10-3-2-4-11-19/h2-4,9-11,13-14,18,22-24H,5-8,12,15-17H2,1H3. The number of methoxy groups -OCH3 is 1. The van der Waals surface area contributed by atoms with Gasteiger partial charge in [0.15, 0.2) is 0 Å². The van der Waals surface area contributed by atoms with Crippen LogP contribution in [0.15, 0.2) is 54.6 Å². The molecular weight excluding hydrogens is 306 g/mol. The molecule has 2 aromatic rings. The Morgan fingerprint density at radius 3 is 2.64 bits per heavy atom. The molecule has 0 amide bonds. The van der Waals surface area contributed by atoms with E-state index in [9.17, 15) is 0 Å². The average Bonchev–Trinajstić information content (AvgIpc) is 2.69. The average molecular weight is 338 g/mol. The maximum absolute atomic E-state index is 5.42. The van der Waals surface area contributed by atoms with E-state index in [0.29, 0.717) is 12.0 Å². The number of aryl methyl sites for hydroxylation is 1. The van der Waals surface area contributed by atoms with Gasteiger partial charge in [0.2, 0.25) is 0 Å². The summed E-state index contributed by atoms with van der Waals surface area (Å²) in [7, 11) is 1.75. The molecule has 0 aromatic heterocycles. The van der Waals surface area contributed by atoms with Crippen LogP contribution in [-0.4, -0.2) is 19.7 Å². The Kier molecular flexibility index (Phi) is 6.93. The summed E-state index contributed by atoms with van der Waals surface area (Å²) in [4.78, 5) is 0. The minimum atomic E-state index is 0.609. The Morgan fingerprint density at radius 2 is 1.80 bits per heavy atom. The fraction of sp³-hybridized carbons (Fsp3) is 0.478. The van der Waals surface area contributed by atoms with Gasteiger partial charge in [-0.25, -0.2) is 0 Å². The van der Waals surface area contributed by atoms with Crippen LogP contribution in [-0.2, 0) is 6.42 Å². The minimum absolute atomic E-state index is 0.609. The van der Waals surface area contributed by atoms with Crippen LogP contribution in [0.5, 0.6) is 5.75 Å². The summed E-state index contributed by atoms with van der Waals surface area (Å²) in [5.41, 5.74) is 2.88. The predicted molar refractivity (Wildman–Crippen MR) is 105 cm³/mol. The van der Waals surface area contributed by atoms with E-state index in [4.69, 9.17) is 4.74 Å². The molecule has 0 spiro atoms. The number of ether oxygens (including phenoxy) is 1. The monoisotopic (exact) mass is 337 g/mol. The van der Waals surface area contributed by atoms with Crippen LogP contribution in [0.3, 0.4) is 0 Å². The third kappa shape index (κ3) is 5.34. The topological polar surface area (TPSA) is 21.3 Å². The second-order valence-corrected chi connectivity index (χ2v) is 7.17. The Bertz CT molecular complexity index is 625. The summed E-state index contributed by atoms with van der Waals surface area (Å²) in [6.07, 6.45) is 8.96. The van der Waals surface area contributed by atoms with Crippen molar-refractivity contribution in [2.45, 2.75) is 56.9 Å². The van der Waals surface area contributed by atoms with Crippen molar-refractivity contribution in [3.63, 3.8) is 0 Å². The van der Waals surface area contributed by atoms with Crippen molar-refractivity contribution < 1.29 is 4.74 Å². The Balaban J connectivity index is 1.48. The molecule has 3 rings (SSSR count). The van der Waals surface area contributed by atoms with Gasteiger partial charge in [0, 0.05) is 6.04 Å². The first-order valence-electron chi connectivity index (χ1n) is 9.78. The third-order valence-corrected chi connectivity index (χ3v) is 5.43. The molecule has 1 fully saturated rings. The lowest BCUT2D eigenvalue weighted by atomic mass is 9.80. The smallest absolute Gasteiger partial charge is 0.119 e. The van der Waals surface area contributed by atoms with Crippen LogP contribution in [0.4, 0.5) is 0 Å². The van der Waals surface area contributed by atoms with Crippen molar-refractivity contribution in [2.75, 3.05) is 13.7 Å². The summed E-state index contributed by atoms with van der Waals surface area (Å²) >= 11 is 0. The quantitative estimate of drug-likeness (QED) is 0.657. The van der Waals surface area contributed by atoms with Crippen molar-refractivity contribution in [1.82, 2.24) is 5.32 Å². The highest BCUT2D eigenvalue weighted by molar-refractivity contribution is 5.32. The van der Waals surface area contributed by atoms with Crippen LogP contribution in [0, 0.1) is 0 Å². The molecule has 0 aliphatic heterocycles. The van der Waals surface area contributed by atoms with Crippen molar-refractivity contribution in [3.05, 3.63) is 65.7 Å². The van der Waals surface area contributed by atoms with Crippen LogP contribution < -0.4 is 10.1 Å². The summed E-state index contributed by atoms with van der Waals surface area (Å²) in [5.74, 6) is 1.60. The molecule has 2 unspecified atom stereocenters. The first kappa shape index (κ1) is 18.0. The predicted octanol–water partition coefficient (Wildman–Crippen LogP) is 5.33. The van der Waals surface area contributed by atoms with E-state index in [1.54, 1.807) is 7.11 Å². The lowest BCUT2D eigenvalue weighted by Crippen LogP contribution is -2.37. The molecule has 1 aliphatic carbocycles. The molecule has 0 radical (unpaired) electrons. The maximum Gasteiger partial charge on any atom is 0.119 e.